The van der Waals surface area contributed by atoms with Gasteiger partial charge in [0.25, 0.3) is 0 Å². The summed E-state index contributed by atoms with van der Waals surface area (Å²) in [5.41, 5.74) is 0.989. The highest BCUT2D eigenvalue weighted by Crippen LogP contribution is 2.37. The fourth-order valence-corrected chi connectivity index (χ4v) is 3.38. The lowest BCUT2D eigenvalue weighted by Gasteiger charge is -2.08. The molecule has 0 bridgehead atoms. The lowest BCUT2D eigenvalue weighted by atomic mass is 10.0. The van der Waals surface area contributed by atoms with E-state index in [0.29, 0.717) is 22.7 Å². The number of nitrogens with zero attached hydrogens (tertiary/aromatic N) is 1. The van der Waals surface area contributed by atoms with Crippen LogP contribution in [-0.2, 0) is 6.42 Å². The summed E-state index contributed by atoms with van der Waals surface area (Å²) in [6, 6.07) is 6.51. The van der Waals surface area contributed by atoms with Crippen molar-refractivity contribution in [3.63, 3.8) is 0 Å². The number of aryl methyl sites for hydroxylation is 1. The number of hydrogen-bond donors (Lipinski definition) is 0. The third-order valence-electron chi connectivity index (χ3n) is 3.10. The second-order valence-electron chi connectivity index (χ2n) is 4.44. The molecule has 0 atom stereocenters. The molecule has 0 amide bonds. The Kier molecular flexibility index (Phi) is 3.48. The second kappa shape index (κ2) is 5.28. The van der Waals surface area contributed by atoms with Gasteiger partial charge in [-0.15, -0.1) is 11.3 Å². The average molecular weight is 295 g/mol. The summed E-state index contributed by atoms with van der Waals surface area (Å²) in [7, 11) is 0. The van der Waals surface area contributed by atoms with Crippen LogP contribution in [0, 0.1) is 0 Å². The number of thiazole rings is 1. The minimum atomic E-state index is -2.88. The van der Waals surface area contributed by atoms with Gasteiger partial charge in [0.1, 0.15) is 16.5 Å². The molecule has 3 rings (SSSR count). The SMILES string of the molecule is O=C1CCCc2sc(-c3ccccc3OC(F)F)nc21. The van der Waals surface area contributed by atoms with Gasteiger partial charge in [0.05, 0.1) is 5.56 Å². The summed E-state index contributed by atoms with van der Waals surface area (Å²) in [5, 5.41) is 0.557. The number of halogens is 2. The van der Waals surface area contributed by atoms with E-state index in [2.05, 4.69) is 9.72 Å². The number of rotatable bonds is 3. The fraction of sp³-hybridized carbons (Fsp3) is 0.286. The van der Waals surface area contributed by atoms with E-state index in [1.165, 1.54) is 17.4 Å². The van der Waals surface area contributed by atoms with Gasteiger partial charge in [-0.2, -0.15) is 8.78 Å². The fourth-order valence-electron chi connectivity index (χ4n) is 2.22. The number of Topliss-reactive ketones (excluding diaryl/α,β-unsaturated/α-hetero) is 1. The summed E-state index contributed by atoms with van der Waals surface area (Å²) in [6.07, 6.45) is 2.14. The van der Waals surface area contributed by atoms with Crippen molar-refractivity contribution in [3.05, 3.63) is 34.8 Å². The quantitative estimate of drug-likeness (QED) is 0.861. The molecule has 0 fully saturated rings. The number of aromatic nitrogens is 1. The number of hydrogen-bond acceptors (Lipinski definition) is 4. The average Bonchev–Trinajstić information content (AvgIpc) is 2.84. The van der Waals surface area contributed by atoms with Crippen molar-refractivity contribution in [3.8, 4) is 16.3 Å². The Morgan fingerprint density at radius 3 is 2.80 bits per heavy atom. The first kappa shape index (κ1) is 13.2. The molecule has 0 saturated heterocycles. The summed E-state index contributed by atoms with van der Waals surface area (Å²) < 4.78 is 29.3. The molecule has 0 saturated carbocycles. The number of alkyl halides is 2. The van der Waals surface area contributed by atoms with Gasteiger partial charge in [0.15, 0.2) is 5.78 Å². The van der Waals surface area contributed by atoms with Crippen LogP contribution in [0.5, 0.6) is 5.75 Å². The Hall–Kier alpha value is -1.82. The van der Waals surface area contributed by atoms with Crippen LogP contribution in [0.1, 0.15) is 28.2 Å². The molecular weight excluding hydrogens is 284 g/mol. The smallest absolute Gasteiger partial charge is 0.387 e. The van der Waals surface area contributed by atoms with E-state index in [0.717, 1.165) is 17.7 Å². The maximum Gasteiger partial charge on any atom is 0.387 e. The van der Waals surface area contributed by atoms with Crippen molar-refractivity contribution in [2.45, 2.75) is 25.9 Å². The molecule has 1 aromatic carbocycles. The monoisotopic (exact) mass is 295 g/mol. The number of ether oxygens (including phenoxy) is 1. The lowest BCUT2D eigenvalue weighted by molar-refractivity contribution is -0.0494. The van der Waals surface area contributed by atoms with Gasteiger partial charge < -0.3 is 4.74 Å². The van der Waals surface area contributed by atoms with E-state index in [1.807, 2.05) is 0 Å². The van der Waals surface area contributed by atoms with E-state index in [-0.39, 0.29) is 11.5 Å². The molecule has 1 aromatic heterocycles. The molecule has 3 nitrogen and oxygen atoms in total. The van der Waals surface area contributed by atoms with Crippen LogP contribution in [0.15, 0.2) is 24.3 Å². The highest BCUT2D eigenvalue weighted by Gasteiger charge is 2.24. The van der Waals surface area contributed by atoms with Crippen molar-refractivity contribution >= 4 is 17.1 Å². The molecule has 0 N–H and O–H groups in total. The molecule has 0 spiro atoms. The maximum atomic E-state index is 12.4. The van der Waals surface area contributed by atoms with Crippen LogP contribution in [0.4, 0.5) is 8.78 Å². The Balaban J connectivity index is 2.03. The normalized spacial score (nSPS) is 14.4. The molecule has 1 heterocycles. The van der Waals surface area contributed by atoms with Gasteiger partial charge in [-0.05, 0) is 25.0 Å². The third-order valence-corrected chi connectivity index (χ3v) is 4.25. The highest BCUT2D eigenvalue weighted by molar-refractivity contribution is 7.15. The number of fused-ring (bicyclic) bond motifs is 1. The Morgan fingerprint density at radius 1 is 1.25 bits per heavy atom. The van der Waals surface area contributed by atoms with Crippen LogP contribution in [0.3, 0.4) is 0 Å². The largest absolute Gasteiger partial charge is 0.434 e. The van der Waals surface area contributed by atoms with E-state index >= 15 is 0 Å². The van der Waals surface area contributed by atoms with Gasteiger partial charge >= 0.3 is 6.61 Å². The van der Waals surface area contributed by atoms with E-state index in [4.69, 9.17) is 0 Å². The summed E-state index contributed by atoms with van der Waals surface area (Å²) >= 11 is 1.38. The molecular formula is C14H11F2NO2S. The molecule has 1 aliphatic carbocycles. The third kappa shape index (κ3) is 2.43. The summed E-state index contributed by atoms with van der Waals surface area (Å²) in [6.45, 7) is -2.88. The minimum absolute atomic E-state index is 0.0287. The van der Waals surface area contributed by atoms with Gasteiger partial charge in [-0.3, -0.25) is 4.79 Å². The van der Waals surface area contributed by atoms with E-state index in [1.54, 1.807) is 18.2 Å². The molecule has 2 aromatic rings. The van der Waals surface area contributed by atoms with Crippen molar-refractivity contribution in [1.82, 2.24) is 4.98 Å². The molecule has 0 aliphatic heterocycles. The number of ketones is 1. The molecule has 0 unspecified atom stereocenters. The van der Waals surface area contributed by atoms with Gasteiger partial charge in [-0.1, -0.05) is 12.1 Å². The first-order chi connectivity index (χ1) is 9.65. The molecule has 104 valence electrons. The zero-order valence-electron chi connectivity index (χ0n) is 10.4. The molecule has 0 radical (unpaired) electrons. The molecule has 6 heteroatoms. The lowest BCUT2D eigenvalue weighted by Crippen LogP contribution is -2.08. The van der Waals surface area contributed by atoms with Crippen LogP contribution in [0.25, 0.3) is 10.6 Å². The summed E-state index contributed by atoms with van der Waals surface area (Å²) in [5.74, 6) is 0.113. The van der Waals surface area contributed by atoms with E-state index in [9.17, 15) is 13.6 Å². The second-order valence-corrected chi connectivity index (χ2v) is 5.53. The van der Waals surface area contributed by atoms with Crippen LogP contribution < -0.4 is 4.74 Å². The Morgan fingerprint density at radius 2 is 2.05 bits per heavy atom. The zero-order chi connectivity index (χ0) is 14.1. The predicted molar refractivity (Wildman–Crippen MR) is 71.5 cm³/mol. The number of carbonyl (C=O) groups is 1. The van der Waals surface area contributed by atoms with Crippen molar-refractivity contribution < 1.29 is 18.3 Å². The maximum absolute atomic E-state index is 12.4. The Bertz CT molecular complexity index is 654. The van der Waals surface area contributed by atoms with Crippen molar-refractivity contribution in [2.75, 3.05) is 0 Å². The highest BCUT2D eigenvalue weighted by atomic mass is 32.1. The summed E-state index contributed by atoms with van der Waals surface area (Å²) in [4.78, 5) is 17.0. The number of para-hydroxylation sites is 1. The van der Waals surface area contributed by atoms with Crippen LogP contribution in [-0.4, -0.2) is 17.4 Å². The minimum Gasteiger partial charge on any atom is -0.434 e. The number of benzene rings is 1. The first-order valence-electron chi connectivity index (χ1n) is 6.22. The van der Waals surface area contributed by atoms with Gasteiger partial charge in [0.2, 0.25) is 0 Å². The molecule has 20 heavy (non-hydrogen) atoms. The topological polar surface area (TPSA) is 39.2 Å². The van der Waals surface area contributed by atoms with Crippen molar-refractivity contribution in [2.24, 2.45) is 0 Å². The predicted octanol–water partition coefficient (Wildman–Crippen LogP) is 3.93. The van der Waals surface area contributed by atoms with Crippen LogP contribution in [0.2, 0.25) is 0 Å². The molecule has 1 aliphatic rings. The number of carbonyl (C=O) groups excluding carboxylic acids is 1. The Labute approximate surface area is 118 Å². The van der Waals surface area contributed by atoms with Gasteiger partial charge in [0, 0.05) is 11.3 Å². The van der Waals surface area contributed by atoms with Crippen LogP contribution >= 0.6 is 11.3 Å². The standard InChI is InChI=1S/C14H11F2NO2S/c15-14(16)19-10-6-2-1-4-8(10)13-17-12-9(18)5-3-7-11(12)20-13/h1-2,4,6,14H,3,5,7H2. The van der Waals surface area contributed by atoms with E-state index < -0.39 is 6.61 Å². The van der Waals surface area contributed by atoms with Crippen molar-refractivity contribution in [1.29, 1.82) is 0 Å². The zero-order valence-corrected chi connectivity index (χ0v) is 11.3. The van der Waals surface area contributed by atoms with Gasteiger partial charge in [-0.25, -0.2) is 4.98 Å². The first-order valence-corrected chi connectivity index (χ1v) is 7.04.